The summed E-state index contributed by atoms with van der Waals surface area (Å²) in [6.45, 7) is 0.780. The summed E-state index contributed by atoms with van der Waals surface area (Å²) in [5, 5.41) is 11.7. The van der Waals surface area contributed by atoms with E-state index in [9.17, 15) is 4.79 Å². The van der Waals surface area contributed by atoms with Crippen LogP contribution in [0.5, 0.6) is 0 Å². The fourth-order valence-corrected chi connectivity index (χ4v) is 2.01. The number of hydrogen-bond donors (Lipinski definition) is 2. The van der Waals surface area contributed by atoms with Gasteiger partial charge in [0.2, 0.25) is 0 Å². The minimum atomic E-state index is -0.733. The van der Waals surface area contributed by atoms with Crippen molar-refractivity contribution in [3.8, 4) is 0 Å². The summed E-state index contributed by atoms with van der Waals surface area (Å²) in [6, 6.07) is 5.91. The number of rotatable bonds is 6. The number of halogens is 2. The van der Waals surface area contributed by atoms with Crippen LogP contribution in [0.2, 0.25) is 0 Å². The van der Waals surface area contributed by atoms with Gasteiger partial charge in [-0.05, 0) is 47.0 Å². The van der Waals surface area contributed by atoms with E-state index >= 15 is 0 Å². The van der Waals surface area contributed by atoms with Crippen LogP contribution in [-0.2, 0) is 4.79 Å². The van der Waals surface area contributed by atoms with Gasteiger partial charge in [-0.3, -0.25) is 4.79 Å². The zero-order chi connectivity index (χ0) is 12.0. The highest BCUT2D eigenvalue weighted by molar-refractivity contribution is 9.11. The Morgan fingerprint density at radius 2 is 2.06 bits per heavy atom. The summed E-state index contributed by atoms with van der Waals surface area (Å²) in [5.41, 5.74) is 1.02. The molecule has 1 aromatic rings. The molecular formula is C11H13Br2NO2. The number of carbonyl (C=O) groups is 1. The largest absolute Gasteiger partial charge is 0.481 e. The molecule has 0 atom stereocenters. The molecule has 0 aliphatic heterocycles. The second-order valence-corrected chi connectivity index (χ2v) is 5.17. The Labute approximate surface area is 111 Å². The lowest BCUT2D eigenvalue weighted by Crippen LogP contribution is -2.03. The molecule has 1 aromatic carbocycles. The minimum absolute atomic E-state index is 0.237. The van der Waals surface area contributed by atoms with Crippen molar-refractivity contribution in [3.05, 3.63) is 27.1 Å². The first-order valence-electron chi connectivity index (χ1n) is 5.00. The van der Waals surface area contributed by atoms with E-state index in [4.69, 9.17) is 5.11 Å². The van der Waals surface area contributed by atoms with Crippen LogP contribution < -0.4 is 5.32 Å². The molecule has 1 rings (SSSR count). The first-order valence-corrected chi connectivity index (χ1v) is 6.59. The van der Waals surface area contributed by atoms with Crippen molar-refractivity contribution in [3.63, 3.8) is 0 Å². The van der Waals surface area contributed by atoms with Crippen molar-refractivity contribution in [2.75, 3.05) is 11.9 Å². The number of benzene rings is 1. The van der Waals surface area contributed by atoms with Crippen molar-refractivity contribution in [1.29, 1.82) is 0 Å². The Morgan fingerprint density at radius 1 is 1.31 bits per heavy atom. The number of hydrogen-bond acceptors (Lipinski definition) is 2. The molecule has 0 saturated heterocycles. The summed E-state index contributed by atoms with van der Waals surface area (Å²) in [4.78, 5) is 10.3. The molecular weight excluding hydrogens is 338 g/mol. The number of carboxylic acid groups (broad SMARTS) is 1. The van der Waals surface area contributed by atoms with Crippen LogP contribution in [-0.4, -0.2) is 17.6 Å². The van der Waals surface area contributed by atoms with Crippen molar-refractivity contribution in [2.45, 2.75) is 19.3 Å². The van der Waals surface area contributed by atoms with Gasteiger partial charge in [0.25, 0.3) is 0 Å². The van der Waals surface area contributed by atoms with Crippen molar-refractivity contribution in [2.24, 2.45) is 0 Å². The number of carboxylic acids is 1. The molecule has 0 bridgehead atoms. The van der Waals surface area contributed by atoms with E-state index in [1.807, 2.05) is 18.2 Å². The van der Waals surface area contributed by atoms with Crippen LogP contribution in [0.3, 0.4) is 0 Å². The second kappa shape index (κ2) is 6.91. The molecule has 0 spiro atoms. The van der Waals surface area contributed by atoms with Crippen molar-refractivity contribution >= 4 is 43.5 Å². The lowest BCUT2D eigenvalue weighted by atomic mass is 10.2. The fourth-order valence-electron chi connectivity index (χ4n) is 1.26. The van der Waals surface area contributed by atoms with Gasteiger partial charge in [0.05, 0.1) is 0 Å². The summed E-state index contributed by atoms with van der Waals surface area (Å²) in [7, 11) is 0. The Bertz CT molecular complexity index is 369. The molecule has 88 valence electrons. The Balaban J connectivity index is 2.31. The molecule has 16 heavy (non-hydrogen) atoms. The van der Waals surface area contributed by atoms with Crippen LogP contribution >= 0.6 is 31.9 Å². The molecule has 0 amide bonds. The Kier molecular flexibility index (Phi) is 5.84. The molecule has 5 heteroatoms. The van der Waals surface area contributed by atoms with E-state index in [-0.39, 0.29) is 6.42 Å². The third-order valence-electron chi connectivity index (χ3n) is 2.06. The third kappa shape index (κ3) is 4.99. The molecule has 0 fully saturated rings. The lowest BCUT2D eigenvalue weighted by Gasteiger charge is -2.08. The normalized spacial score (nSPS) is 10.1. The highest BCUT2D eigenvalue weighted by Gasteiger charge is 2.00. The van der Waals surface area contributed by atoms with Crippen molar-refractivity contribution < 1.29 is 9.90 Å². The molecule has 3 nitrogen and oxygen atoms in total. The predicted octanol–water partition coefficient (Wildman–Crippen LogP) is 3.88. The van der Waals surface area contributed by atoms with Gasteiger partial charge in [-0.15, -0.1) is 0 Å². The van der Waals surface area contributed by atoms with Gasteiger partial charge in [0.15, 0.2) is 0 Å². The van der Waals surface area contributed by atoms with Gasteiger partial charge < -0.3 is 10.4 Å². The van der Waals surface area contributed by atoms with E-state index in [0.717, 1.165) is 27.6 Å². The molecule has 0 unspecified atom stereocenters. The topological polar surface area (TPSA) is 49.3 Å². The van der Waals surface area contributed by atoms with E-state index in [1.54, 1.807) is 0 Å². The van der Waals surface area contributed by atoms with E-state index < -0.39 is 5.97 Å². The number of anilines is 1. The monoisotopic (exact) mass is 349 g/mol. The van der Waals surface area contributed by atoms with Gasteiger partial charge in [-0.25, -0.2) is 0 Å². The van der Waals surface area contributed by atoms with Gasteiger partial charge >= 0.3 is 5.97 Å². The maximum atomic E-state index is 10.3. The maximum Gasteiger partial charge on any atom is 0.303 e. The van der Waals surface area contributed by atoms with Gasteiger partial charge in [-0.2, -0.15) is 0 Å². The van der Waals surface area contributed by atoms with Crippen LogP contribution in [0.4, 0.5) is 5.69 Å². The highest BCUT2D eigenvalue weighted by atomic mass is 79.9. The summed E-state index contributed by atoms with van der Waals surface area (Å²) in [5.74, 6) is -0.733. The highest BCUT2D eigenvalue weighted by Crippen LogP contribution is 2.26. The zero-order valence-corrected chi connectivity index (χ0v) is 11.8. The average molecular weight is 351 g/mol. The second-order valence-electron chi connectivity index (χ2n) is 3.40. The van der Waals surface area contributed by atoms with E-state index in [2.05, 4.69) is 37.2 Å². The summed E-state index contributed by atoms with van der Waals surface area (Å²) in [6.07, 6.45) is 1.79. The lowest BCUT2D eigenvalue weighted by molar-refractivity contribution is -0.137. The molecule has 2 N–H and O–H groups in total. The van der Waals surface area contributed by atoms with E-state index in [1.165, 1.54) is 0 Å². The number of nitrogens with one attached hydrogen (secondary N) is 1. The Hall–Kier alpha value is -0.550. The quantitative estimate of drug-likeness (QED) is 0.765. The summed E-state index contributed by atoms with van der Waals surface area (Å²) >= 11 is 6.84. The molecule has 0 aliphatic rings. The molecule has 0 saturated carbocycles. The maximum absolute atomic E-state index is 10.3. The van der Waals surface area contributed by atoms with Crippen molar-refractivity contribution in [1.82, 2.24) is 0 Å². The third-order valence-corrected chi connectivity index (χ3v) is 3.25. The minimum Gasteiger partial charge on any atom is -0.481 e. The van der Waals surface area contributed by atoms with Gasteiger partial charge in [-0.1, -0.05) is 15.9 Å². The standard InChI is InChI=1S/C11H13Br2NO2/c12-8-4-5-9(13)10(7-8)14-6-2-1-3-11(15)16/h4-5,7,14H,1-3,6H2,(H,15,16). The van der Waals surface area contributed by atoms with E-state index in [0.29, 0.717) is 6.42 Å². The SMILES string of the molecule is O=C(O)CCCCNc1cc(Br)ccc1Br. The van der Waals surface area contributed by atoms with Crippen LogP contribution in [0, 0.1) is 0 Å². The Morgan fingerprint density at radius 3 is 2.75 bits per heavy atom. The van der Waals surface area contributed by atoms with Crippen LogP contribution in [0.25, 0.3) is 0 Å². The van der Waals surface area contributed by atoms with Gasteiger partial charge in [0, 0.05) is 27.6 Å². The summed E-state index contributed by atoms with van der Waals surface area (Å²) < 4.78 is 2.03. The fraction of sp³-hybridized carbons (Fsp3) is 0.364. The van der Waals surface area contributed by atoms with Crippen LogP contribution in [0.15, 0.2) is 27.1 Å². The molecule has 0 aliphatic carbocycles. The first kappa shape index (κ1) is 13.5. The van der Waals surface area contributed by atoms with Crippen LogP contribution in [0.1, 0.15) is 19.3 Å². The van der Waals surface area contributed by atoms with Gasteiger partial charge in [0.1, 0.15) is 0 Å². The molecule has 0 aromatic heterocycles. The first-order chi connectivity index (χ1) is 7.59. The smallest absolute Gasteiger partial charge is 0.303 e. The number of aliphatic carboxylic acids is 1. The zero-order valence-electron chi connectivity index (χ0n) is 8.67. The average Bonchev–Trinajstić information content (AvgIpc) is 2.22. The number of unbranched alkanes of at least 4 members (excludes halogenated alkanes) is 1. The molecule has 0 radical (unpaired) electrons. The molecule has 0 heterocycles. The predicted molar refractivity (Wildman–Crippen MR) is 71.8 cm³/mol.